The van der Waals surface area contributed by atoms with Crippen LogP contribution in [0.25, 0.3) is 0 Å². The van der Waals surface area contributed by atoms with Gasteiger partial charge in [-0.15, -0.1) is 0 Å². The van der Waals surface area contributed by atoms with Crippen molar-refractivity contribution in [1.82, 2.24) is 0 Å². The lowest BCUT2D eigenvalue weighted by Crippen LogP contribution is -2.15. The molecule has 0 heterocycles. The highest BCUT2D eigenvalue weighted by Gasteiger charge is 2.19. The van der Waals surface area contributed by atoms with Gasteiger partial charge in [0.25, 0.3) is 0 Å². The van der Waals surface area contributed by atoms with E-state index in [9.17, 15) is 9.59 Å². The van der Waals surface area contributed by atoms with Crippen LogP contribution in [0, 0.1) is 17.2 Å². The molecule has 3 heteroatoms. The van der Waals surface area contributed by atoms with Crippen LogP contribution in [0.4, 0.5) is 0 Å². The van der Waals surface area contributed by atoms with Crippen molar-refractivity contribution in [2.75, 3.05) is 0 Å². The number of benzene rings is 1. The monoisotopic (exact) mass is 215 g/mol. The number of carbonyl (C=O) groups excluding carboxylic acids is 2. The first-order valence-electron chi connectivity index (χ1n) is 5.09. The molecule has 0 radical (unpaired) electrons. The molecule has 0 saturated heterocycles. The molecule has 0 aliphatic heterocycles. The van der Waals surface area contributed by atoms with Crippen molar-refractivity contribution in [2.24, 2.45) is 5.92 Å². The van der Waals surface area contributed by atoms with E-state index in [0.29, 0.717) is 11.1 Å². The molecule has 82 valence electrons. The molecule has 0 aliphatic rings. The average Bonchev–Trinajstić information content (AvgIpc) is 2.27. The van der Waals surface area contributed by atoms with Crippen molar-refractivity contribution < 1.29 is 9.59 Å². The Labute approximate surface area is 94.7 Å². The smallest absolute Gasteiger partial charge is 0.167 e. The normalized spacial score (nSPS) is 11.6. The number of nitrogens with zero attached hydrogens (tertiary/aromatic N) is 1. The molecule has 1 unspecified atom stereocenters. The van der Waals surface area contributed by atoms with Crippen molar-refractivity contribution in [2.45, 2.75) is 20.3 Å². The zero-order valence-electron chi connectivity index (χ0n) is 9.36. The third-order valence-corrected chi connectivity index (χ3v) is 2.35. The van der Waals surface area contributed by atoms with Crippen molar-refractivity contribution in [3.8, 4) is 6.07 Å². The number of ketones is 2. The Morgan fingerprint density at radius 1 is 1.38 bits per heavy atom. The lowest BCUT2D eigenvalue weighted by atomic mass is 9.92. The zero-order valence-corrected chi connectivity index (χ0v) is 9.36. The summed E-state index contributed by atoms with van der Waals surface area (Å²) in [7, 11) is 0. The molecule has 16 heavy (non-hydrogen) atoms. The number of hydrogen-bond donors (Lipinski definition) is 0. The third-order valence-electron chi connectivity index (χ3n) is 2.35. The maximum Gasteiger partial charge on any atom is 0.167 e. The lowest BCUT2D eigenvalue weighted by molar-refractivity contribution is -0.117. The van der Waals surface area contributed by atoms with Gasteiger partial charge >= 0.3 is 0 Å². The molecule has 0 saturated carbocycles. The molecular formula is C13H13NO2. The molecule has 0 N–H and O–H groups in total. The second kappa shape index (κ2) is 5.22. The Bertz CT molecular complexity index is 457. The fourth-order valence-electron chi connectivity index (χ4n) is 1.58. The van der Waals surface area contributed by atoms with Gasteiger partial charge in [0, 0.05) is 17.9 Å². The SMILES string of the molecule is CC(=O)CC(C)C(=O)c1ccccc1C#N. The predicted molar refractivity (Wildman–Crippen MR) is 59.9 cm³/mol. The third kappa shape index (κ3) is 2.77. The van der Waals surface area contributed by atoms with Gasteiger partial charge in [-0.2, -0.15) is 5.26 Å². The Hall–Kier alpha value is -1.95. The van der Waals surface area contributed by atoms with Crippen LogP contribution in [0.15, 0.2) is 24.3 Å². The Kier molecular flexibility index (Phi) is 3.96. The van der Waals surface area contributed by atoms with Crippen LogP contribution < -0.4 is 0 Å². The predicted octanol–water partition coefficient (Wildman–Crippen LogP) is 2.36. The van der Waals surface area contributed by atoms with Crippen LogP contribution in [-0.4, -0.2) is 11.6 Å². The van der Waals surface area contributed by atoms with Crippen LogP contribution in [0.2, 0.25) is 0 Å². The van der Waals surface area contributed by atoms with Gasteiger partial charge in [0.05, 0.1) is 11.6 Å². The second-order valence-corrected chi connectivity index (χ2v) is 3.83. The summed E-state index contributed by atoms with van der Waals surface area (Å²) in [5.74, 6) is -0.533. The van der Waals surface area contributed by atoms with Gasteiger partial charge in [0.15, 0.2) is 5.78 Å². The summed E-state index contributed by atoms with van der Waals surface area (Å²) < 4.78 is 0. The van der Waals surface area contributed by atoms with Crippen molar-refractivity contribution in [1.29, 1.82) is 5.26 Å². The molecule has 1 aromatic carbocycles. The van der Waals surface area contributed by atoms with Gasteiger partial charge in [0.1, 0.15) is 5.78 Å². The second-order valence-electron chi connectivity index (χ2n) is 3.83. The molecular weight excluding hydrogens is 202 g/mol. The number of rotatable bonds is 4. The Morgan fingerprint density at radius 3 is 2.56 bits per heavy atom. The van der Waals surface area contributed by atoms with Crippen molar-refractivity contribution in [3.63, 3.8) is 0 Å². The minimum atomic E-state index is -0.369. The van der Waals surface area contributed by atoms with E-state index in [-0.39, 0.29) is 23.9 Å². The highest BCUT2D eigenvalue weighted by Crippen LogP contribution is 2.15. The zero-order chi connectivity index (χ0) is 12.1. The summed E-state index contributed by atoms with van der Waals surface area (Å²) in [5, 5.41) is 8.86. The molecule has 1 atom stereocenters. The summed E-state index contributed by atoms with van der Waals surface area (Å²) in [6, 6.07) is 8.64. The molecule has 1 aromatic rings. The summed E-state index contributed by atoms with van der Waals surface area (Å²) in [4.78, 5) is 22.9. The molecule has 3 nitrogen and oxygen atoms in total. The lowest BCUT2D eigenvalue weighted by Gasteiger charge is -2.09. The minimum Gasteiger partial charge on any atom is -0.300 e. The number of nitriles is 1. The fraction of sp³-hybridized carbons (Fsp3) is 0.308. The number of hydrogen-bond acceptors (Lipinski definition) is 3. The van der Waals surface area contributed by atoms with Crippen LogP contribution in [0.3, 0.4) is 0 Å². The Morgan fingerprint density at radius 2 is 2.00 bits per heavy atom. The Balaban J connectivity index is 2.97. The first-order chi connectivity index (χ1) is 7.56. The fourth-order valence-corrected chi connectivity index (χ4v) is 1.58. The average molecular weight is 215 g/mol. The van der Waals surface area contributed by atoms with Gasteiger partial charge in [-0.25, -0.2) is 0 Å². The maximum absolute atomic E-state index is 12.0. The van der Waals surface area contributed by atoms with E-state index in [0.717, 1.165) is 0 Å². The van der Waals surface area contributed by atoms with E-state index < -0.39 is 0 Å². The molecule has 0 aromatic heterocycles. The van der Waals surface area contributed by atoms with E-state index in [4.69, 9.17) is 5.26 Å². The van der Waals surface area contributed by atoms with Gasteiger partial charge in [-0.05, 0) is 13.0 Å². The minimum absolute atomic E-state index is 0.0183. The van der Waals surface area contributed by atoms with Crippen LogP contribution in [-0.2, 0) is 4.79 Å². The quantitative estimate of drug-likeness (QED) is 0.724. The van der Waals surface area contributed by atoms with Gasteiger partial charge < -0.3 is 4.79 Å². The van der Waals surface area contributed by atoms with E-state index in [1.54, 1.807) is 31.2 Å². The molecule has 0 spiro atoms. The number of carbonyl (C=O) groups is 2. The molecule has 0 bridgehead atoms. The number of Topliss-reactive ketones (excluding diaryl/α,β-unsaturated/α-hetero) is 2. The topological polar surface area (TPSA) is 57.9 Å². The standard InChI is InChI=1S/C13H13NO2/c1-9(7-10(2)15)13(16)12-6-4-3-5-11(12)8-14/h3-6,9H,7H2,1-2H3. The highest BCUT2D eigenvalue weighted by atomic mass is 16.1. The summed E-state index contributed by atoms with van der Waals surface area (Å²) in [5.41, 5.74) is 0.765. The molecule has 0 amide bonds. The van der Waals surface area contributed by atoms with E-state index >= 15 is 0 Å². The van der Waals surface area contributed by atoms with E-state index in [1.807, 2.05) is 6.07 Å². The van der Waals surface area contributed by atoms with Gasteiger partial charge in [-0.1, -0.05) is 25.1 Å². The summed E-state index contributed by atoms with van der Waals surface area (Å²) in [6.45, 7) is 3.16. The van der Waals surface area contributed by atoms with Crippen LogP contribution in [0.1, 0.15) is 36.2 Å². The van der Waals surface area contributed by atoms with Crippen molar-refractivity contribution >= 4 is 11.6 Å². The maximum atomic E-state index is 12.0. The van der Waals surface area contributed by atoms with Crippen LogP contribution >= 0.6 is 0 Å². The molecule has 0 fully saturated rings. The largest absolute Gasteiger partial charge is 0.300 e. The van der Waals surface area contributed by atoms with E-state index in [1.165, 1.54) is 6.92 Å². The van der Waals surface area contributed by atoms with Crippen LogP contribution in [0.5, 0.6) is 0 Å². The molecule has 0 aliphatic carbocycles. The van der Waals surface area contributed by atoms with Gasteiger partial charge in [0.2, 0.25) is 0 Å². The first-order valence-corrected chi connectivity index (χ1v) is 5.09. The summed E-state index contributed by atoms with van der Waals surface area (Å²) >= 11 is 0. The van der Waals surface area contributed by atoms with Crippen molar-refractivity contribution in [3.05, 3.63) is 35.4 Å². The van der Waals surface area contributed by atoms with E-state index in [2.05, 4.69) is 0 Å². The van der Waals surface area contributed by atoms with Gasteiger partial charge in [-0.3, -0.25) is 4.79 Å². The molecule has 1 rings (SSSR count). The first kappa shape index (κ1) is 12.1. The summed E-state index contributed by atoms with van der Waals surface area (Å²) in [6.07, 6.45) is 0.221. The highest BCUT2D eigenvalue weighted by molar-refractivity contribution is 6.01.